The first-order valence-electron chi connectivity index (χ1n) is 9.40. The molecule has 7 heteroatoms. The predicted molar refractivity (Wildman–Crippen MR) is 105 cm³/mol. The molecule has 1 aromatic rings. The Bertz CT molecular complexity index is 647. The van der Waals surface area contributed by atoms with Crippen molar-refractivity contribution in [1.82, 2.24) is 15.5 Å². The summed E-state index contributed by atoms with van der Waals surface area (Å²) in [4.78, 5) is 26.3. The first kappa shape index (κ1) is 21.6. The number of likely N-dealkylation sites (tertiary alicyclic amines) is 1. The maximum absolute atomic E-state index is 13.3. The molecule has 0 aromatic heterocycles. The number of hydrogen-bond donors (Lipinski definition) is 2. The minimum absolute atomic E-state index is 0.0672. The molecule has 0 unspecified atom stereocenters. The Morgan fingerprint density at radius 3 is 2.44 bits per heavy atom. The smallest absolute Gasteiger partial charge is 0.251 e. The van der Waals surface area contributed by atoms with Crippen LogP contribution in [0.4, 0.5) is 4.39 Å². The average Bonchev–Trinajstić information content (AvgIpc) is 2.59. The van der Waals surface area contributed by atoms with Gasteiger partial charge in [0.1, 0.15) is 5.82 Å². The van der Waals surface area contributed by atoms with Crippen LogP contribution in [0.5, 0.6) is 0 Å². The van der Waals surface area contributed by atoms with Crippen LogP contribution in [-0.4, -0.2) is 49.4 Å². The van der Waals surface area contributed by atoms with Crippen molar-refractivity contribution in [3.63, 3.8) is 0 Å². The van der Waals surface area contributed by atoms with E-state index in [9.17, 15) is 14.0 Å². The number of benzene rings is 1. The Kier molecular flexibility index (Phi) is 7.62. The van der Waals surface area contributed by atoms with Gasteiger partial charge in [-0.2, -0.15) is 0 Å². The van der Waals surface area contributed by atoms with E-state index in [0.29, 0.717) is 19.0 Å². The molecule has 1 fully saturated rings. The molecule has 1 saturated heterocycles. The molecule has 0 aliphatic carbocycles. The third kappa shape index (κ3) is 7.11. The van der Waals surface area contributed by atoms with E-state index in [2.05, 4.69) is 15.5 Å². The Balaban J connectivity index is 1.67. The second kappa shape index (κ2) is 9.51. The molecule has 2 N–H and O–H groups in total. The van der Waals surface area contributed by atoms with E-state index in [4.69, 9.17) is 11.6 Å². The van der Waals surface area contributed by atoms with Crippen LogP contribution in [0.2, 0.25) is 5.02 Å². The van der Waals surface area contributed by atoms with Crippen LogP contribution in [0.1, 0.15) is 44.0 Å². The van der Waals surface area contributed by atoms with Gasteiger partial charge in [-0.25, -0.2) is 4.39 Å². The molecule has 2 amide bonds. The topological polar surface area (TPSA) is 61.4 Å². The SMILES string of the molecule is CC(C)(C)C(=O)NCCN1CCC(CNC(=O)c2cc(F)cc(Cl)c2)CC1. The second-order valence-electron chi connectivity index (χ2n) is 8.16. The third-order valence-corrected chi connectivity index (χ3v) is 5.00. The molecule has 0 saturated carbocycles. The van der Waals surface area contributed by atoms with Crippen molar-refractivity contribution < 1.29 is 14.0 Å². The van der Waals surface area contributed by atoms with E-state index >= 15 is 0 Å². The molecule has 1 aliphatic rings. The van der Waals surface area contributed by atoms with Crippen LogP contribution in [0.15, 0.2) is 18.2 Å². The lowest BCUT2D eigenvalue weighted by molar-refractivity contribution is -0.128. The minimum atomic E-state index is -0.514. The third-order valence-electron chi connectivity index (χ3n) is 4.78. The van der Waals surface area contributed by atoms with E-state index in [-0.39, 0.29) is 27.8 Å². The number of rotatable bonds is 6. The van der Waals surface area contributed by atoms with E-state index in [1.165, 1.54) is 18.2 Å². The number of nitrogens with one attached hydrogen (secondary N) is 2. The van der Waals surface area contributed by atoms with Crippen molar-refractivity contribution in [3.05, 3.63) is 34.6 Å². The number of hydrogen-bond acceptors (Lipinski definition) is 3. The van der Waals surface area contributed by atoms with Crippen molar-refractivity contribution in [2.45, 2.75) is 33.6 Å². The number of amides is 2. The maximum atomic E-state index is 13.3. The Hall–Kier alpha value is -1.66. The van der Waals surface area contributed by atoms with E-state index in [1.54, 1.807) is 0 Å². The normalized spacial score (nSPS) is 16.2. The molecule has 0 radical (unpaired) electrons. The molecule has 5 nitrogen and oxygen atoms in total. The summed E-state index contributed by atoms with van der Waals surface area (Å²) in [5.74, 6) is -0.348. The van der Waals surface area contributed by atoms with E-state index < -0.39 is 5.82 Å². The summed E-state index contributed by atoms with van der Waals surface area (Å²) in [6.45, 7) is 9.65. The predicted octanol–water partition coefficient (Wildman–Crippen LogP) is 3.08. The Labute approximate surface area is 165 Å². The molecule has 1 aliphatic heterocycles. The van der Waals surface area contributed by atoms with Gasteiger partial charge in [-0.05, 0) is 50.0 Å². The summed E-state index contributed by atoms with van der Waals surface area (Å²) in [5, 5.41) is 6.06. The van der Waals surface area contributed by atoms with Gasteiger partial charge < -0.3 is 15.5 Å². The molecule has 1 aromatic carbocycles. The summed E-state index contributed by atoms with van der Waals surface area (Å²) in [7, 11) is 0. The highest BCUT2D eigenvalue weighted by Gasteiger charge is 2.22. The first-order chi connectivity index (χ1) is 12.6. The second-order valence-corrected chi connectivity index (χ2v) is 8.60. The number of nitrogens with zero attached hydrogens (tertiary/aromatic N) is 1. The van der Waals surface area contributed by atoms with Crippen molar-refractivity contribution in [2.75, 3.05) is 32.7 Å². The van der Waals surface area contributed by atoms with Gasteiger partial charge in [0.15, 0.2) is 0 Å². The van der Waals surface area contributed by atoms with Crippen LogP contribution in [-0.2, 0) is 4.79 Å². The van der Waals surface area contributed by atoms with Gasteiger partial charge in [-0.3, -0.25) is 9.59 Å². The van der Waals surface area contributed by atoms with Crippen LogP contribution < -0.4 is 10.6 Å². The molecule has 1 heterocycles. The maximum Gasteiger partial charge on any atom is 0.251 e. The highest BCUT2D eigenvalue weighted by molar-refractivity contribution is 6.31. The fourth-order valence-corrected chi connectivity index (χ4v) is 3.25. The van der Waals surface area contributed by atoms with Crippen molar-refractivity contribution in [2.24, 2.45) is 11.3 Å². The summed E-state index contributed by atoms with van der Waals surface area (Å²) >= 11 is 5.79. The lowest BCUT2D eigenvalue weighted by Gasteiger charge is -2.32. The zero-order valence-electron chi connectivity index (χ0n) is 16.3. The van der Waals surface area contributed by atoms with Gasteiger partial charge in [0.25, 0.3) is 5.91 Å². The van der Waals surface area contributed by atoms with Gasteiger partial charge >= 0.3 is 0 Å². The van der Waals surface area contributed by atoms with Gasteiger partial charge in [-0.15, -0.1) is 0 Å². The van der Waals surface area contributed by atoms with Crippen molar-refractivity contribution >= 4 is 23.4 Å². The number of halogens is 2. The van der Waals surface area contributed by atoms with Crippen LogP contribution in [0.3, 0.4) is 0 Å². The van der Waals surface area contributed by atoms with Crippen molar-refractivity contribution in [3.8, 4) is 0 Å². The highest BCUT2D eigenvalue weighted by atomic mass is 35.5. The van der Waals surface area contributed by atoms with Crippen LogP contribution in [0.25, 0.3) is 0 Å². The fourth-order valence-electron chi connectivity index (χ4n) is 3.03. The highest BCUT2D eigenvalue weighted by Crippen LogP contribution is 2.18. The molecule has 27 heavy (non-hydrogen) atoms. The zero-order valence-corrected chi connectivity index (χ0v) is 17.0. The summed E-state index contributed by atoms with van der Waals surface area (Å²) in [6, 6.07) is 3.84. The molecule has 0 spiro atoms. The van der Waals surface area contributed by atoms with Crippen LogP contribution >= 0.6 is 11.6 Å². The lowest BCUT2D eigenvalue weighted by atomic mass is 9.95. The first-order valence-corrected chi connectivity index (χ1v) is 9.78. The molecular formula is C20H29ClFN3O2. The van der Waals surface area contributed by atoms with E-state index in [1.807, 2.05) is 20.8 Å². The van der Waals surface area contributed by atoms with Gasteiger partial charge in [0.05, 0.1) is 0 Å². The number of carbonyl (C=O) groups is 2. The monoisotopic (exact) mass is 397 g/mol. The standard InChI is InChI=1S/C20H29ClFN3O2/c1-20(2,3)19(27)23-6-9-25-7-4-14(5-8-25)13-24-18(26)15-10-16(21)12-17(22)11-15/h10-12,14H,4-9,13H2,1-3H3,(H,23,27)(H,24,26). The lowest BCUT2D eigenvalue weighted by Crippen LogP contribution is -2.43. The minimum Gasteiger partial charge on any atom is -0.354 e. The van der Waals surface area contributed by atoms with Gasteiger partial charge in [-0.1, -0.05) is 32.4 Å². The average molecular weight is 398 g/mol. The van der Waals surface area contributed by atoms with Gasteiger partial charge in [0, 0.05) is 35.6 Å². The molecule has 0 atom stereocenters. The fraction of sp³-hybridized carbons (Fsp3) is 0.600. The van der Waals surface area contributed by atoms with Crippen LogP contribution in [0, 0.1) is 17.2 Å². The Morgan fingerprint density at radius 1 is 1.19 bits per heavy atom. The van der Waals surface area contributed by atoms with E-state index in [0.717, 1.165) is 32.5 Å². The zero-order chi connectivity index (χ0) is 20.0. The molecule has 2 rings (SSSR count). The molecule has 150 valence electrons. The largest absolute Gasteiger partial charge is 0.354 e. The van der Waals surface area contributed by atoms with Gasteiger partial charge in [0.2, 0.25) is 5.91 Å². The quantitative estimate of drug-likeness (QED) is 0.775. The molecular weight excluding hydrogens is 369 g/mol. The molecule has 0 bridgehead atoms. The summed E-state index contributed by atoms with van der Waals surface area (Å²) in [5.41, 5.74) is -0.121. The Morgan fingerprint density at radius 2 is 1.85 bits per heavy atom. The number of piperidine rings is 1. The summed E-state index contributed by atoms with van der Waals surface area (Å²) in [6.07, 6.45) is 1.97. The summed E-state index contributed by atoms with van der Waals surface area (Å²) < 4.78 is 13.3. The van der Waals surface area contributed by atoms with Crippen molar-refractivity contribution in [1.29, 1.82) is 0 Å². The number of carbonyl (C=O) groups excluding carboxylic acids is 2.